The van der Waals surface area contributed by atoms with Gasteiger partial charge in [-0.1, -0.05) is 38.1 Å². The van der Waals surface area contributed by atoms with Crippen LogP contribution in [0, 0.1) is 6.92 Å². The Morgan fingerprint density at radius 1 is 0.630 bits per heavy atom. The second-order valence-corrected chi connectivity index (χ2v) is 12.2. The number of aromatic nitrogens is 2. The van der Waals surface area contributed by atoms with Crippen LogP contribution in [0.3, 0.4) is 0 Å². The van der Waals surface area contributed by atoms with E-state index in [0.717, 1.165) is 11.7 Å². The first-order chi connectivity index (χ1) is 21.8. The molecule has 15 heteroatoms. The van der Waals surface area contributed by atoms with E-state index in [4.69, 9.17) is 11.5 Å². The third kappa shape index (κ3) is 6.90. The number of fused-ring (bicyclic) bond motifs is 1. The van der Waals surface area contributed by atoms with Crippen LogP contribution in [0.25, 0.3) is 52.8 Å². The fraction of sp³-hybridized carbons (Fsp3) is 0.161. The van der Waals surface area contributed by atoms with E-state index in [0.29, 0.717) is 58.4 Å². The van der Waals surface area contributed by atoms with Gasteiger partial charge in [0.2, 0.25) is 0 Å². The van der Waals surface area contributed by atoms with Gasteiger partial charge in [-0.15, -0.1) is 49.0 Å². The molecular formula is C31H24F6N4O2S3. The van der Waals surface area contributed by atoms with Gasteiger partial charge in [0, 0.05) is 30.6 Å². The number of ether oxygens (including phenoxy) is 2. The standard InChI is InChI=1S/C29H18F6N4O2S3.C2H6/c1-13-5-6-15(12-17(13)41-29(33,34)35)19-8-10-21(43-19)23-25(37)24(36)22(26-27(23)39-44-38-26)20-9-7-18(42-20)14-3-2-4-16(11-14)40-28(30,31)32;1-2/h2-12H,36-37H2,1H3;1-2H3. The predicted octanol–water partition coefficient (Wildman–Crippen LogP) is 10.8. The van der Waals surface area contributed by atoms with Crippen LogP contribution in [-0.2, 0) is 0 Å². The molecule has 3 heterocycles. The number of hydrogen-bond acceptors (Lipinski definition) is 9. The van der Waals surface area contributed by atoms with Gasteiger partial charge in [0.05, 0.1) is 23.1 Å². The number of nitrogens with two attached hydrogens (primary N) is 2. The Labute approximate surface area is 271 Å². The summed E-state index contributed by atoms with van der Waals surface area (Å²) in [5.41, 5.74) is 17.1. The molecular weight excluding hydrogens is 671 g/mol. The molecule has 0 atom stereocenters. The van der Waals surface area contributed by atoms with Crippen LogP contribution in [0.15, 0.2) is 66.7 Å². The van der Waals surface area contributed by atoms with Crippen LogP contribution in [0.1, 0.15) is 19.4 Å². The van der Waals surface area contributed by atoms with Crippen molar-refractivity contribution in [2.45, 2.75) is 33.5 Å². The van der Waals surface area contributed by atoms with Gasteiger partial charge in [0.25, 0.3) is 0 Å². The maximum Gasteiger partial charge on any atom is 0.573 e. The first kappa shape index (κ1) is 33.0. The van der Waals surface area contributed by atoms with Crippen LogP contribution >= 0.6 is 34.4 Å². The molecule has 46 heavy (non-hydrogen) atoms. The number of aryl methyl sites for hydroxylation is 1. The van der Waals surface area contributed by atoms with Gasteiger partial charge >= 0.3 is 12.7 Å². The summed E-state index contributed by atoms with van der Waals surface area (Å²) >= 11 is 3.55. The number of halogens is 6. The summed E-state index contributed by atoms with van der Waals surface area (Å²) in [5.74, 6) is -0.631. The molecule has 0 bridgehead atoms. The first-order valence-corrected chi connectivity index (χ1v) is 15.9. The highest BCUT2D eigenvalue weighted by Crippen LogP contribution is 2.49. The Morgan fingerprint density at radius 2 is 1.13 bits per heavy atom. The molecule has 240 valence electrons. The summed E-state index contributed by atoms with van der Waals surface area (Å²) in [7, 11) is 0. The van der Waals surface area contributed by atoms with Gasteiger partial charge in [-0.3, -0.25) is 0 Å². The number of rotatable bonds is 6. The largest absolute Gasteiger partial charge is 0.573 e. The highest BCUT2D eigenvalue weighted by atomic mass is 32.1. The summed E-state index contributed by atoms with van der Waals surface area (Å²) in [6.45, 7) is 5.53. The third-order valence-corrected chi connectivity index (χ3v) is 9.38. The van der Waals surface area contributed by atoms with E-state index in [2.05, 4.69) is 18.2 Å². The van der Waals surface area contributed by atoms with Crippen molar-refractivity contribution in [2.75, 3.05) is 11.5 Å². The summed E-state index contributed by atoms with van der Waals surface area (Å²) in [5, 5.41) is 0. The molecule has 0 amide bonds. The Balaban J connectivity index is 0.00000204. The van der Waals surface area contributed by atoms with E-state index in [-0.39, 0.29) is 22.9 Å². The second kappa shape index (κ2) is 12.8. The van der Waals surface area contributed by atoms with Crippen LogP contribution in [-0.4, -0.2) is 21.5 Å². The Bertz CT molecular complexity index is 2010. The maximum absolute atomic E-state index is 12.9. The van der Waals surface area contributed by atoms with E-state index in [1.165, 1.54) is 53.9 Å². The van der Waals surface area contributed by atoms with Gasteiger partial charge in [-0.2, -0.15) is 8.75 Å². The molecule has 0 spiro atoms. The van der Waals surface area contributed by atoms with Crippen LogP contribution in [0.2, 0.25) is 0 Å². The Morgan fingerprint density at radius 3 is 1.65 bits per heavy atom. The maximum atomic E-state index is 12.9. The minimum Gasteiger partial charge on any atom is -0.406 e. The van der Waals surface area contributed by atoms with Crippen LogP contribution in [0.4, 0.5) is 37.7 Å². The normalized spacial score (nSPS) is 11.8. The lowest BCUT2D eigenvalue weighted by Gasteiger charge is -2.13. The van der Waals surface area contributed by atoms with Gasteiger partial charge in [0.1, 0.15) is 22.5 Å². The van der Waals surface area contributed by atoms with Gasteiger partial charge in [-0.05, 0) is 66.1 Å². The highest BCUT2D eigenvalue weighted by molar-refractivity contribution is 7.19. The number of nitrogens with zero attached hydrogens (tertiary/aromatic N) is 2. The van der Waals surface area contributed by atoms with Crippen molar-refractivity contribution in [1.29, 1.82) is 0 Å². The van der Waals surface area contributed by atoms with Gasteiger partial charge in [-0.25, -0.2) is 0 Å². The molecule has 6 rings (SSSR count). The van der Waals surface area contributed by atoms with E-state index >= 15 is 0 Å². The lowest BCUT2D eigenvalue weighted by atomic mass is 10.0. The topological polar surface area (TPSA) is 96.3 Å². The van der Waals surface area contributed by atoms with E-state index in [1.54, 1.807) is 42.5 Å². The van der Waals surface area contributed by atoms with E-state index in [1.807, 2.05) is 13.8 Å². The zero-order valence-corrected chi connectivity index (χ0v) is 26.7. The summed E-state index contributed by atoms with van der Waals surface area (Å²) in [6.07, 6.45) is -9.64. The number of nitrogen functional groups attached to an aromatic ring is 2. The lowest BCUT2D eigenvalue weighted by Crippen LogP contribution is -2.17. The van der Waals surface area contributed by atoms with Crippen molar-refractivity contribution >= 4 is 56.8 Å². The Hall–Kier alpha value is -4.34. The number of alkyl halides is 6. The van der Waals surface area contributed by atoms with Crippen molar-refractivity contribution in [3.8, 4) is 53.3 Å². The molecule has 0 aliphatic rings. The number of benzene rings is 3. The molecule has 0 saturated carbocycles. The van der Waals surface area contributed by atoms with Crippen molar-refractivity contribution in [3.63, 3.8) is 0 Å². The quantitative estimate of drug-likeness (QED) is 0.133. The monoisotopic (exact) mass is 694 g/mol. The minimum atomic E-state index is -4.82. The molecule has 6 aromatic rings. The van der Waals surface area contributed by atoms with E-state index < -0.39 is 12.7 Å². The smallest absolute Gasteiger partial charge is 0.406 e. The van der Waals surface area contributed by atoms with Crippen LogP contribution < -0.4 is 20.9 Å². The highest BCUT2D eigenvalue weighted by Gasteiger charge is 2.32. The summed E-state index contributed by atoms with van der Waals surface area (Å²) in [6, 6.07) is 17.3. The molecule has 0 fully saturated rings. The van der Waals surface area contributed by atoms with Gasteiger partial charge < -0.3 is 20.9 Å². The molecule has 0 aliphatic heterocycles. The zero-order valence-electron chi connectivity index (χ0n) is 24.2. The SMILES string of the molecule is CC.Cc1ccc(-c2ccc(-c3c(N)c(N)c(-c4ccc(-c5cccc(OC(F)(F)F)c5)s4)c4nsnc34)s2)cc1OC(F)(F)F. The molecule has 6 nitrogen and oxygen atoms in total. The van der Waals surface area contributed by atoms with Crippen molar-refractivity contribution in [2.24, 2.45) is 0 Å². The average Bonchev–Trinajstić information content (AvgIpc) is 3.77. The predicted molar refractivity (Wildman–Crippen MR) is 173 cm³/mol. The second-order valence-electron chi connectivity index (χ2n) is 9.47. The van der Waals surface area contributed by atoms with E-state index in [9.17, 15) is 26.3 Å². The molecule has 3 aromatic heterocycles. The van der Waals surface area contributed by atoms with Crippen molar-refractivity contribution in [3.05, 3.63) is 72.3 Å². The van der Waals surface area contributed by atoms with Crippen molar-refractivity contribution < 1.29 is 35.8 Å². The first-order valence-electron chi connectivity index (χ1n) is 13.5. The molecule has 3 aromatic carbocycles. The number of anilines is 2. The number of hydrogen-bond donors (Lipinski definition) is 2. The zero-order chi connectivity index (χ0) is 33.4. The van der Waals surface area contributed by atoms with Crippen molar-refractivity contribution in [1.82, 2.24) is 8.75 Å². The Kier molecular flexibility index (Phi) is 9.20. The molecule has 0 saturated heterocycles. The average molecular weight is 695 g/mol. The van der Waals surface area contributed by atoms with Crippen LogP contribution in [0.5, 0.6) is 11.5 Å². The fourth-order valence-corrected chi connectivity index (χ4v) is 7.31. The molecule has 0 aliphatic carbocycles. The van der Waals surface area contributed by atoms with Gasteiger partial charge in [0.15, 0.2) is 0 Å². The third-order valence-electron chi connectivity index (χ3n) is 6.55. The summed E-state index contributed by atoms with van der Waals surface area (Å²) < 4.78 is 94.1. The fourth-order valence-electron chi connectivity index (χ4n) is 4.63. The lowest BCUT2D eigenvalue weighted by molar-refractivity contribution is -0.275. The molecule has 0 unspecified atom stereocenters. The molecule has 4 N–H and O–H groups in total. The summed E-state index contributed by atoms with van der Waals surface area (Å²) in [4.78, 5) is 2.70. The minimum absolute atomic E-state index is 0.244. The molecule has 0 radical (unpaired) electrons. The number of thiophene rings is 2.